The predicted octanol–water partition coefficient (Wildman–Crippen LogP) is 2.23. The molecule has 1 aromatic carbocycles. The van der Waals surface area contributed by atoms with E-state index < -0.39 is 12.3 Å². The molecule has 0 spiro atoms. The Kier molecular flexibility index (Phi) is 5.56. The van der Waals surface area contributed by atoms with Crippen molar-refractivity contribution >= 4 is 10.9 Å². The number of aromatic nitrogens is 1. The summed E-state index contributed by atoms with van der Waals surface area (Å²) in [6, 6.07) is 10.0. The number of benzene rings is 1. The minimum atomic E-state index is -0.967. The summed E-state index contributed by atoms with van der Waals surface area (Å²) in [5.41, 5.74) is 1.62. The molecule has 3 rings (SSSR count). The molecule has 4 unspecified atom stereocenters. The molecule has 1 aliphatic carbocycles. The summed E-state index contributed by atoms with van der Waals surface area (Å²) < 4.78 is 0. The monoisotopic (exact) mass is 331 g/mol. The third-order valence-corrected chi connectivity index (χ3v) is 5.06. The number of hydrogen-bond acceptors (Lipinski definition) is 4. The Morgan fingerprint density at radius 3 is 2.71 bits per heavy atom. The second-order valence-electron chi connectivity index (χ2n) is 7.28. The number of para-hydroxylation sites is 1. The van der Waals surface area contributed by atoms with Gasteiger partial charge in [0.15, 0.2) is 0 Å². The van der Waals surface area contributed by atoms with Crippen LogP contribution in [0.3, 0.4) is 0 Å². The van der Waals surface area contributed by atoms with E-state index in [1.54, 1.807) is 0 Å². The molecule has 1 fully saturated rings. The van der Waals surface area contributed by atoms with E-state index in [0.717, 1.165) is 23.9 Å². The molecule has 2 aromatic rings. The lowest BCUT2D eigenvalue weighted by Gasteiger charge is -2.36. The molecule has 1 heterocycles. The van der Waals surface area contributed by atoms with E-state index in [-0.39, 0.29) is 6.04 Å². The Bertz CT molecular complexity index is 622. The van der Waals surface area contributed by atoms with E-state index >= 15 is 0 Å². The van der Waals surface area contributed by atoms with Gasteiger partial charge < -0.3 is 20.1 Å². The molecular formula is C19H29N3O2. The summed E-state index contributed by atoms with van der Waals surface area (Å²) in [5.74, 6) is 0.512. The zero-order valence-corrected chi connectivity index (χ0v) is 14.6. The van der Waals surface area contributed by atoms with Gasteiger partial charge in [-0.25, -0.2) is 0 Å². The highest BCUT2D eigenvalue weighted by atomic mass is 16.3. The maximum Gasteiger partial charge on any atom is 0.137 e. The minimum absolute atomic E-state index is 0.246. The van der Waals surface area contributed by atoms with Crippen LogP contribution in [0.2, 0.25) is 0 Å². The largest absolute Gasteiger partial charge is 0.383 e. The van der Waals surface area contributed by atoms with Gasteiger partial charge in [0.2, 0.25) is 0 Å². The van der Waals surface area contributed by atoms with Crippen molar-refractivity contribution in [3.8, 4) is 0 Å². The molecule has 0 radical (unpaired) electrons. The first kappa shape index (κ1) is 17.4. The Morgan fingerprint density at radius 1 is 1.21 bits per heavy atom. The van der Waals surface area contributed by atoms with Gasteiger partial charge in [-0.1, -0.05) is 31.0 Å². The Balaban J connectivity index is 1.67. The van der Waals surface area contributed by atoms with E-state index in [0.29, 0.717) is 11.6 Å². The van der Waals surface area contributed by atoms with Crippen LogP contribution < -0.4 is 5.32 Å². The van der Waals surface area contributed by atoms with Gasteiger partial charge in [-0.05, 0) is 50.4 Å². The highest BCUT2D eigenvalue weighted by Gasteiger charge is 2.30. The minimum Gasteiger partial charge on any atom is -0.383 e. The number of hydrogen-bond donors (Lipinski definition) is 4. The summed E-state index contributed by atoms with van der Waals surface area (Å²) in [5, 5.41) is 25.4. The molecule has 0 saturated heterocycles. The van der Waals surface area contributed by atoms with E-state index in [4.69, 9.17) is 0 Å². The van der Waals surface area contributed by atoms with Crippen LogP contribution in [0, 0.1) is 5.92 Å². The van der Waals surface area contributed by atoms with Crippen molar-refractivity contribution in [1.29, 1.82) is 0 Å². The predicted molar refractivity (Wildman–Crippen MR) is 96.7 cm³/mol. The lowest BCUT2D eigenvalue weighted by Crippen LogP contribution is -2.49. The lowest BCUT2D eigenvalue weighted by atomic mass is 9.84. The number of aliphatic hydroxyl groups is 2. The van der Waals surface area contributed by atoms with Crippen LogP contribution in [0.1, 0.15) is 37.5 Å². The fourth-order valence-corrected chi connectivity index (χ4v) is 3.85. The van der Waals surface area contributed by atoms with Gasteiger partial charge >= 0.3 is 0 Å². The third-order valence-electron chi connectivity index (χ3n) is 5.06. The summed E-state index contributed by atoms with van der Waals surface area (Å²) in [6.07, 6.45) is 2.72. The highest BCUT2D eigenvalue weighted by Crippen LogP contribution is 2.27. The van der Waals surface area contributed by atoms with Crippen LogP contribution in [0.25, 0.3) is 10.9 Å². The number of aliphatic hydroxyl groups excluding tert-OH is 2. The molecule has 1 aromatic heterocycles. The number of nitrogens with one attached hydrogen (secondary N) is 2. The van der Waals surface area contributed by atoms with Crippen molar-refractivity contribution in [2.75, 3.05) is 20.6 Å². The first-order chi connectivity index (χ1) is 11.5. The maximum atomic E-state index is 10.5. The van der Waals surface area contributed by atoms with Gasteiger partial charge in [0.05, 0.1) is 0 Å². The normalized spacial score (nSPS) is 24.4. The van der Waals surface area contributed by atoms with Gasteiger partial charge in [-0.2, -0.15) is 0 Å². The van der Waals surface area contributed by atoms with Crippen LogP contribution in [-0.4, -0.2) is 53.0 Å². The van der Waals surface area contributed by atoms with Crippen LogP contribution in [0.4, 0.5) is 0 Å². The average Bonchev–Trinajstić information content (AvgIpc) is 2.99. The van der Waals surface area contributed by atoms with Crippen LogP contribution >= 0.6 is 0 Å². The first-order valence-corrected chi connectivity index (χ1v) is 8.89. The van der Waals surface area contributed by atoms with Gasteiger partial charge in [-0.3, -0.25) is 5.32 Å². The molecular weight excluding hydrogens is 302 g/mol. The van der Waals surface area contributed by atoms with Gasteiger partial charge in [0.25, 0.3) is 0 Å². The molecule has 24 heavy (non-hydrogen) atoms. The van der Waals surface area contributed by atoms with Gasteiger partial charge in [0, 0.05) is 23.8 Å². The molecule has 5 heteroatoms. The zero-order chi connectivity index (χ0) is 17.1. The van der Waals surface area contributed by atoms with Crippen molar-refractivity contribution in [3.05, 3.63) is 36.0 Å². The standard InChI is InChI=1S/C19H29N3O2/c1-22(2)12-14-8-4-6-10-16(14)21-19(24)18(23)17-11-13-7-3-5-9-15(13)20-17/h3,5,7,9,11,14,16,18-21,23-24H,4,6,8,10,12H2,1-2H3. The Hall–Kier alpha value is -1.40. The van der Waals surface area contributed by atoms with Crippen LogP contribution in [0.15, 0.2) is 30.3 Å². The molecule has 5 nitrogen and oxygen atoms in total. The average molecular weight is 331 g/mol. The van der Waals surface area contributed by atoms with E-state index in [2.05, 4.69) is 29.3 Å². The summed E-state index contributed by atoms with van der Waals surface area (Å²) in [4.78, 5) is 5.40. The van der Waals surface area contributed by atoms with Crippen molar-refractivity contribution in [2.24, 2.45) is 5.92 Å². The van der Waals surface area contributed by atoms with Crippen molar-refractivity contribution in [1.82, 2.24) is 15.2 Å². The molecule has 4 atom stereocenters. The third kappa shape index (κ3) is 3.98. The smallest absolute Gasteiger partial charge is 0.137 e. The first-order valence-electron chi connectivity index (χ1n) is 8.89. The summed E-state index contributed by atoms with van der Waals surface area (Å²) >= 11 is 0. The van der Waals surface area contributed by atoms with Crippen molar-refractivity contribution in [3.63, 3.8) is 0 Å². The second kappa shape index (κ2) is 7.66. The highest BCUT2D eigenvalue weighted by molar-refractivity contribution is 5.80. The molecule has 0 amide bonds. The van der Waals surface area contributed by atoms with Crippen molar-refractivity contribution in [2.45, 2.75) is 44.1 Å². The molecule has 4 N–H and O–H groups in total. The topological polar surface area (TPSA) is 71.5 Å². The molecule has 0 bridgehead atoms. The number of H-pyrrole nitrogens is 1. The van der Waals surface area contributed by atoms with E-state index in [1.165, 1.54) is 19.3 Å². The number of rotatable bonds is 6. The van der Waals surface area contributed by atoms with Crippen LogP contribution in [0.5, 0.6) is 0 Å². The quantitative estimate of drug-likeness (QED) is 0.613. The zero-order valence-electron chi connectivity index (χ0n) is 14.6. The van der Waals surface area contributed by atoms with E-state index in [1.807, 2.05) is 30.3 Å². The van der Waals surface area contributed by atoms with Gasteiger partial charge in [0.1, 0.15) is 12.3 Å². The van der Waals surface area contributed by atoms with Crippen LogP contribution in [-0.2, 0) is 0 Å². The fraction of sp³-hybridized carbons (Fsp3) is 0.579. The summed E-state index contributed by atoms with van der Waals surface area (Å²) in [6.45, 7) is 1.01. The molecule has 1 saturated carbocycles. The lowest BCUT2D eigenvalue weighted by molar-refractivity contribution is -0.0214. The number of nitrogens with zero attached hydrogens (tertiary/aromatic N) is 1. The van der Waals surface area contributed by atoms with Gasteiger partial charge in [-0.15, -0.1) is 0 Å². The molecule has 132 valence electrons. The van der Waals surface area contributed by atoms with Crippen molar-refractivity contribution < 1.29 is 10.2 Å². The Morgan fingerprint density at radius 2 is 1.96 bits per heavy atom. The number of fused-ring (bicyclic) bond motifs is 1. The summed E-state index contributed by atoms with van der Waals surface area (Å²) in [7, 11) is 4.17. The maximum absolute atomic E-state index is 10.5. The fourth-order valence-electron chi connectivity index (χ4n) is 3.85. The molecule has 0 aliphatic heterocycles. The van der Waals surface area contributed by atoms with E-state index in [9.17, 15) is 10.2 Å². The SMILES string of the molecule is CN(C)CC1CCCCC1NC(O)C(O)c1cc2ccccc2[nH]1. The second-order valence-corrected chi connectivity index (χ2v) is 7.28. The molecule has 1 aliphatic rings. The Labute approximate surface area is 143 Å². The number of aromatic amines is 1.